The van der Waals surface area contributed by atoms with Gasteiger partial charge in [-0.3, -0.25) is 14.9 Å². The predicted molar refractivity (Wildman–Crippen MR) is 72.3 cm³/mol. The number of carbonyl (C=O) groups excluding carboxylic acids is 1. The first kappa shape index (κ1) is 14.7. The van der Waals surface area contributed by atoms with E-state index < -0.39 is 10.8 Å². The topological polar surface area (TPSA) is 114 Å². The van der Waals surface area contributed by atoms with Crippen molar-refractivity contribution >= 4 is 23.2 Å². The van der Waals surface area contributed by atoms with Crippen LogP contribution in [-0.2, 0) is 0 Å². The maximum atomic E-state index is 11.9. The van der Waals surface area contributed by atoms with Gasteiger partial charge in [-0.25, -0.2) is 4.98 Å². The number of nitrogens with zero attached hydrogens (tertiary/aromatic N) is 3. The minimum absolute atomic E-state index is 0.145. The molecule has 0 aromatic carbocycles. The van der Waals surface area contributed by atoms with Crippen molar-refractivity contribution in [2.24, 2.45) is 0 Å². The van der Waals surface area contributed by atoms with Gasteiger partial charge in [0, 0.05) is 26.2 Å². The van der Waals surface area contributed by atoms with Crippen LogP contribution in [0.4, 0.5) is 17.3 Å². The standard InChI is InChI=1S/C11H17N5O3/c1-4-13-11(17)7-6-8(16(18)19)9(12)14-10(7)15(3)5-2/h6H,4-5H2,1-3H3,(H2,12,14)(H,13,17). The Balaban J connectivity index is 3.41. The zero-order chi connectivity index (χ0) is 14.6. The smallest absolute Gasteiger partial charge is 0.312 e. The number of nitrogen functional groups attached to an aromatic ring is 1. The fourth-order valence-corrected chi connectivity index (χ4v) is 1.52. The van der Waals surface area contributed by atoms with Gasteiger partial charge in [-0.2, -0.15) is 0 Å². The van der Waals surface area contributed by atoms with Gasteiger partial charge in [0.25, 0.3) is 5.91 Å². The average Bonchev–Trinajstić information content (AvgIpc) is 2.37. The zero-order valence-electron chi connectivity index (χ0n) is 11.1. The summed E-state index contributed by atoms with van der Waals surface area (Å²) in [5.41, 5.74) is 5.33. The summed E-state index contributed by atoms with van der Waals surface area (Å²) in [7, 11) is 1.73. The molecule has 8 heteroatoms. The monoisotopic (exact) mass is 267 g/mol. The van der Waals surface area contributed by atoms with E-state index in [2.05, 4.69) is 10.3 Å². The van der Waals surface area contributed by atoms with E-state index in [1.165, 1.54) is 0 Å². The van der Waals surface area contributed by atoms with Crippen LogP contribution in [0, 0.1) is 10.1 Å². The van der Waals surface area contributed by atoms with Gasteiger partial charge in [0.05, 0.1) is 10.5 Å². The number of hydrogen-bond acceptors (Lipinski definition) is 6. The lowest BCUT2D eigenvalue weighted by atomic mass is 10.2. The third-order valence-electron chi connectivity index (χ3n) is 2.63. The van der Waals surface area contributed by atoms with Crippen LogP contribution in [0.1, 0.15) is 24.2 Å². The van der Waals surface area contributed by atoms with E-state index in [-0.39, 0.29) is 17.1 Å². The van der Waals surface area contributed by atoms with Gasteiger partial charge in [-0.05, 0) is 13.8 Å². The van der Waals surface area contributed by atoms with E-state index >= 15 is 0 Å². The Morgan fingerprint density at radius 3 is 2.68 bits per heavy atom. The van der Waals surface area contributed by atoms with E-state index in [1.54, 1.807) is 18.9 Å². The van der Waals surface area contributed by atoms with E-state index in [0.29, 0.717) is 18.9 Å². The molecule has 0 saturated heterocycles. The van der Waals surface area contributed by atoms with Crippen LogP contribution in [-0.4, -0.2) is 36.0 Å². The van der Waals surface area contributed by atoms with Crippen molar-refractivity contribution in [3.8, 4) is 0 Å². The van der Waals surface area contributed by atoms with Gasteiger partial charge in [0.1, 0.15) is 5.82 Å². The third-order valence-corrected chi connectivity index (χ3v) is 2.63. The number of rotatable bonds is 5. The van der Waals surface area contributed by atoms with E-state index in [4.69, 9.17) is 5.73 Å². The molecule has 104 valence electrons. The summed E-state index contributed by atoms with van der Waals surface area (Å²) >= 11 is 0. The summed E-state index contributed by atoms with van der Waals surface area (Å²) in [6.07, 6.45) is 0. The highest BCUT2D eigenvalue weighted by Crippen LogP contribution is 2.27. The molecule has 0 atom stereocenters. The van der Waals surface area contributed by atoms with E-state index in [9.17, 15) is 14.9 Å². The lowest BCUT2D eigenvalue weighted by Gasteiger charge is -2.19. The first-order chi connectivity index (χ1) is 8.92. The first-order valence-corrected chi connectivity index (χ1v) is 5.86. The summed E-state index contributed by atoms with van der Waals surface area (Å²) in [5.74, 6) is -0.279. The number of aromatic nitrogens is 1. The Kier molecular flexibility index (Phi) is 4.62. The number of amides is 1. The molecule has 1 aromatic rings. The SMILES string of the molecule is CCNC(=O)c1cc([N+](=O)[O-])c(N)nc1N(C)CC. The first-order valence-electron chi connectivity index (χ1n) is 5.86. The predicted octanol–water partition coefficient (Wildman–Crippen LogP) is 0.778. The molecule has 3 N–H and O–H groups in total. The Morgan fingerprint density at radius 1 is 1.58 bits per heavy atom. The second-order valence-corrected chi connectivity index (χ2v) is 3.89. The van der Waals surface area contributed by atoms with Crippen molar-refractivity contribution in [2.75, 3.05) is 30.8 Å². The van der Waals surface area contributed by atoms with Crippen LogP contribution < -0.4 is 16.0 Å². The minimum atomic E-state index is -0.652. The van der Waals surface area contributed by atoms with Crippen molar-refractivity contribution < 1.29 is 9.72 Å². The van der Waals surface area contributed by atoms with Crippen LogP contribution in [0.5, 0.6) is 0 Å². The fraction of sp³-hybridized carbons (Fsp3) is 0.455. The molecule has 19 heavy (non-hydrogen) atoms. The Morgan fingerprint density at radius 2 is 2.21 bits per heavy atom. The Labute approximate surface area is 110 Å². The highest BCUT2D eigenvalue weighted by atomic mass is 16.6. The molecule has 0 aliphatic carbocycles. The molecule has 8 nitrogen and oxygen atoms in total. The molecule has 0 fully saturated rings. The van der Waals surface area contributed by atoms with Crippen molar-refractivity contribution in [1.82, 2.24) is 10.3 Å². The number of carbonyl (C=O) groups is 1. The molecule has 1 rings (SSSR count). The fourth-order valence-electron chi connectivity index (χ4n) is 1.52. The van der Waals surface area contributed by atoms with Crippen LogP contribution in [0.3, 0.4) is 0 Å². The number of nitrogens with one attached hydrogen (secondary N) is 1. The maximum Gasteiger partial charge on any atom is 0.312 e. The van der Waals surface area contributed by atoms with Crippen LogP contribution >= 0.6 is 0 Å². The van der Waals surface area contributed by atoms with Crippen LogP contribution in [0.2, 0.25) is 0 Å². The number of anilines is 2. The number of pyridine rings is 1. The Bertz CT molecular complexity index is 503. The molecule has 1 heterocycles. The summed E-state index contributed by atoms with van der Waals surface area (Å²) < 4.78 is 0. The highest BCUT2D eigenvalue weighted by molar-refractivity contribution is 6.00. The zero-order valence-corrected chi connectivity index (χ0v) is 11.1. The number of hydrogen-bond donors (Lipinski definition) is 2. The second-order valence-electron chi connectivity index (χ2n) is 3.89. The molecule has 0 aliphatic rings. The van der Waals surface area contributed by atoms with Gasteiger partial charge >= 0.3 is 5.69 Å². The molecular weight excluding hydrogens is 250 g/mol. The lowest BCUT2D eigenvalue weighted by molar-refractivity contribution is -0.384. The summed E-state index contributed by atoms with van der Waals surface area (Å²) in [5, 5.41) is 13.4. The van der Waals surface area contributed by atoms with Crippen LogP contribution in [0.15, 0.2) is 6.07 Å². The second kappa shape index (κ2) is 5.98. The summed E-state index contributed by atoms with van der Waals surface area (Å²) in [6.45, 7) is 4.66. The molecule has 0 aliphatic heterocycles. The maximum absolute atomic E-state index is 11.9. The van der Waals surface area contributed by atoms with E-state index in [0.717, 1.165) is 6.07 Å². The van der Waals surface area contributed by atoms with Crippen LogP contribution in [0.25, 0.3) is 0 Å². The van der Waals surface area contributed by atoms with Gasteiger partial charge in [0.2, 0.25) is 5.82 Å². The highest BCUT2D eigenvalue weighted by Gasteiger charge is 2.23. The average molecular weight is 267 g/mol. The number of nitrogens with two attached hydrogens (primary N) is 1. The largest absolute Gasteiger partial charge is 0.378 e. The number of nitro groups is 1. The van der Waals surface area contributed by atoms with Crippen molar-refractivity contribution in [3.63, 3.8) is 0 Å². The molecule has 1 aromatic heterocycles. The summed E-state index contributed by atoms with van der Waals surface area (Å²) in [4.78, 5) is 27.8. The molecular formula is C11H17N5O3. The van der Waals surface area contributed by atoms with Gasteiger partial charge in [0.15, 0.2) is 0 Å². The summed E-state index contributed by atoms with van der Waals surface area (Å²) in [6, 6.07) is 1.16. The van der Waals surface area contributed by atoms with Crippen molar-refractivity contribution in [3.05, 3.63) is 21.7 Å². The molecule has 0 bridgehead atoms. The molecule has 0 radical (unpaired) electrons. The molecule has 0 spiro atoms. The van der Waals surface area contributed by atoms with Crippen molar-refractivity contribution in [2.45, 2.75) is 13.8 Å². The van der Waals surface area contributed by atoms with Gasteiger partial charge < -0.3 is 16.0 Å². The quantitative estimate of drug-likeness (QED) is 0.601. The van der Waals surface area contributed by atoms with E-state index in [1.807, 2.05) is 6.92 Å². The molecule has 1 amide bonds. The molecule has 0 saturated carbocycles. The minimum Gasteiger partial charge on any atom is -0.378 e. The third kappa shape index (κ3) is 3.09. The van der Waals surface area contributed by atoms with Crippen molar-refractivity contribution in [1.29, 1.82) is 0 Å². The van der Waals surface area contributed by atoms with Gasteiger partial charge in [-0.1, -0.05) is 0 Å². The Hall–Kier alpha value is -2.38. The van der Waals surface area contributed by atoms with Gasteiger partial charge in [-0.15, -0.1) is 0 Å². The molecule has 0 unspecified atom stereocenters. The normalized spacial score (nSPS) is 10.1. The lowest BCUT2D eigenvalue weighted by Crippen LogP contribution is -2.28.